The number of rotatable bonds is 5. The molecular weight excluding hydrogens is 304 g/mol. The number of ketones is 1. The molecular formula is C19H18N2O3. The van der Waals surface area contributed by atoms with Crippen molar-refractivity contribution >= 4 is 23.1 Å². The largest absolute Gasteiger partial charge is 0.494 e. The summed E-state index contributed by atoms with van der Waals surface area (Å²) in [7, 11) is 0. The van der Waals surface area contributed by atoms with Crippen LogP contribution in [0, 0.1) is 5.92 Å². The normalized spacial score (nSPS) is 16.9. The maximum atomic E-state index is 12.7. The molecule has 122 valence electrons. The summed E-state index contributed by atoms with van der Waals surface area (Å²) in [5.74, 6) is -0.744. The zero-order chi connectivity index (χ0) is 17.1. The van der Waals surface area contributed by atoms with Crippen molar-refractivity contribution in [1.29, 1.82) is 0 Å². The highest BCUT2D eigenvalue weighted by Gasteiger charge is 2.39. The van der Waals surface area contributed by atoms with E-state index in [1.54, 1.807) is 43.3 Å². The number of hydrazone groups is 1. The van der Waals surface area contributed by atoms with Crippen LogP contribution in [0.5, 0.6) is 5.75 Å². The lowest BCUT2D eigenvalue weighted by atomic mass is 9.93. The van der Waals surface area contributed by atoms with Crippen molar-refractivity contribution in [2.24, 2.45) is 11.0 Å². The van der Waals surface area contributed by atoms with Gasteiger partial charge < -0.3 is 4.74 Å². The Labute approximate surface area is 140 Å². The first-order valence-electron chi connectivity index (χ1n) is 7.83. The van der Waals surface area contributed by atoms with Gasteiger partial charge in [0.05, 0.1) is 18.0 Å². The van der Waals surface area contributed by atoms with Crippen molar-refractivity contribution in [3.05, 3.63) is 60.2 Å². The van der Waals surface area contributed by atoms with Crippen molar-refractivity contribution in [1.82, 2.24) is 0 Å². The number of carbonyl (C=O) groups excluding carboxylic acids is 2. The minimum Gasteiger partial charge on any atom is -0.494 e. The number of para-hydroxylation sites is 1. The van der Waals surface area contributed by atoms with E-state index in [9.17, 15) is 9.59 Å². The van der Waals surface area contributed by atoms with Crippen molar-refractivity contribution in [2.45, 2.75) is 13.8 Å². The minimum atomic E-state index is -0.872. The molecule has 1 amide bonds. The number of benzene rings is 2. The number of hydrogen-bond donors (Lipinski definition) is 0. The third-order valence-corrected chi connectivity index (χ3v) is 3.84. The molecule has 5 nitrogen and oxygen atoms in total. The molecule has 0 unspecified atom stereocenters. The van der Waals surface area contributed by atoms with Crippen LogP contribution in [0.1, 0.15) is 24.2 Å². The SMILES string of the molecule is CCOc1ccc(C(=O)[C@@H]2C(=O)N(c3ccccc3)N=C2C)cc1. The molecule has 2 aromatic rings. The zero-order valence-electron chi connectivity index (χ0n) is 13.6. The van der Waals surface area contributed by atoms with E-state index in [4.69, 9.17) is 4.74 Å². The van der Waals surface area contributed by atoms with Crippen molar-refractivity contribution in [3.63, 3.8) is 0 Å². The molecule has 0 aliphatic carbocycles. The molecule has 0 aromatic heterocycles. The number of amides is 1. The van der Waals surface area contributed by atoms with E-state index in [-0.39, 0.29) is 11.7 Å². The molecule has 24 heavy (non-hydrogen) atoms. The molecule has 5 heteroatoms. The molecule has 3 rings (SSSR count). The molecule has 1 aliphatic rings. The maximum absolute atomic E-state index is 12.7. The van der Waals surface area contributed by atoms with Gasteiger partial charge in [0.15, 0.2) is 5.78 Å². The second-order valence-electron chi connectivity index (χ2n) is 5.48. The Balaban J connectivity index is 1.83. The van der Waals surface area contributed by atoms with Gasteiger partial charge in [-0.25, -0.2) is 0 Å². The van der Waals surface area contributed by atoms with Crippen LogP contribution in [0.3, 0.4) is 0 Å². The van der Waals surface area contributed by atoms with Gasteiger partial charge in [-0.3, -0.25) is 9.59 Å². The van der Waals surface area contributed by atoms with Crippen LogP contribution in [0.2, 0.25) is 0 Å². The first-order chi connectivity index (χ1) is 11.6. The van der Waals surface area contributed by atoms with Gasteiger partial charge in [0.25, 0.3) is 5.91 Å². The fraction of sp³-hybridized carbons (Fsp3) is 0.211. The summed E-state index contributed by atoms with van der Waals surface area (Å²) in [6.45, 7) is 4.17. The van der Waals surface area contributed by atoms with Crippen molar-refractivity contribution in [3.8, 4) is 5.75 Å². The standard InChI is InChI=1S/C19H18N2O3/c1-3-24-16-11-9-14(10-12-16)18(22)17-13(2)20-21(19(17)23)15-7-5-4-6-8-15/h4-12,17H,3H2,1-2H3/t17-/m1/s1. The molecule has 2 aromatic carbocycles. The van der Waals surface area contributed by atoms with E-state index >= 15 is 0 Å². The van der Waals surface area contributed by atoms with E-state index in [1.165, 1.54) is 5.01 Å². The number of anilines is 1. The molecule has 0 saturated carbocycles. The Kier molecular flexibility index (Phi) is 4.42. The second-order valence-corrected chi connectivity index (χ2v) is 5.48. The summed E-state index contributed by atoms with van der Waals surface area (Å²) in [5, 5.41) is 5.57. The molecule has 0 radical (unpaired) electrons. The lowest BCUT2D eigenvalue weighted by Crippen LogP contribution is -2.32. The Morgan fingerprint density at radius 3 is 2.42 bits per heavy atom. The minimum absolute atomic E-state index is 0.247. The number of Topliss-reactive ketones (excluding diaryl/α,β-unsaturated/α-hetero) is 1. The average Bonchev–Trinajstić information content (AvgIpc) is 2.90. The van der Waals surface area contributed by atoms with Crippen LogP contribution < -0.4 is 9.75 Å². The van der Waals surface area contributed by atoms with Crippen LogP contribution >= 0.6 is 0 Å². The first kappa shape index (κ1) is 15.9. The third kappa shape index (κ3) is 2.93. The highest BCUT2D eigenvalue weighted by Crippen LogP contribution is 2.26. The highest BCUT2D eigenvalue weighted by molar-refractivity contribution is 6.30. The lowest BCUT2D eigenvalue weighted by Gasteiger charge is -2.14. The van der Waals surface area contributed by atoms with Gasteiger partial charge in [0.2, 0.25) is 0 Å². The summed E-state index contributed by atoms with van der Waals surface area (Å²) < 4.78 is 5.37. The smallest absolute Gasteiger partial charge is 0.264 e. The molecule has 1 atom stereocenters. The number of nitrogens with zero attached hydrogens (tertiary/aromatic N) is 2. The van der Waals surface area contributed by atoms with Crippen LogP contribution in [0.25, 0.3) is 0 Å². The summed E-state index contributed by atoms with van der Waals surface area (Å²) in [6, 6.07) is 15.9. The van der Waals surface area contributed by atoms with E-state index in [0.717, 1.165) is 0 Å². The van der Waals surface area contributed by atoms with Gasteiger partial charge in [-0.15, -0.1) is 0 Å². The molecule has 1 aliphatic heterocycles. The zero-order valence-corrected chi connectivity index (χ0v) is 13.6. The fourth-order valence-electron chi connectivity index (χ4n) is 2.67. The van der Waals surface area contributed by atoms with Gasteiger partial charge in [-0.2, -0.15) is 10.1 Å². The van der Waals surface area contributed by atoms with E-state index in [1.807, 2.05) is 25.1 Å². The Morgan fingerprint density at radius 1 is 1.12 bits per heavy atom. The van der Waals surface area contributed by atoms with Crippen molar-refractivity contribution < 1.29 is 14.3 Å². The first-order valence-corrected chi connectivity index (χ1v) is 7.83. The van der Waals surface area contributed by atoms with E-state index in [0.29, 0.717) is 29.3 Å². The van der Waals surface area contributed by atoms with Gasteiger partial charge in [0, 0.05) is 5.56 Å². The third-order valence-electron chi connectivity index (χ3n) is 3.84. The van der Waals surface area contributed by atoms with Crippen molar-refractivity contribution in [2.75, 3.05) is 11.6 Å². The Bertz CT molecular complexity index is 782. The summed E-state index contributed by atoms with van der Waals surface area (Å²) >= 11 is 0. The molecule has 0 fully saturated rings. The topological polar surface area (TPSA) is 59.0 Å². The Morgan fingerprint density at radius 2 is 1.79 bits per heavy atom. The van der Waals surface area contributed by atoms with Gasteiger partial charge in [-0.05, 0) is 50.2 Å². The predicted octanol–water partition coefficient (Wildman–Crippen LogP) is 3.31. The summed E-state index contributed by atoms with van der Waals surface area (Å²) in [5.41, 5.74) is 1.63. The quantitative estimate of drug-likeness (QED) is 0.627. The van der Waals surface area contributed by atoms with Gasteiger partial charge >= 0.3 is 0 Å². The maximum Gasteiger partial charge on any atom is 0.264 e. The molecule has 0 N–H and O–H groups in total. The molecule has 0 spiro atoms. The molecule has 1 heterocycles. The highest BCUT2D eigenvalue weighted by atomic mass is 16.5. The van der Waals surface area contributed by atoms with Crippen LogP contribution in [0.15, 0.2) is 59.7 Å². The molecule has 0 saturated heterocycles. The molecule has 0 bridgehead atoms. The van der Waals surface area contributed by atoms with Crippen LogP contribution in [0.4, 0.5) is 5.69 Å². The number of carbonyl (C=O) groups is 2. The van der Waals surface area contributed by atoms with E-state index < -0.39 is 5.92 Å². The average molecular weight is 322 g/mol. The second kappa shape index (κ2) is 6.66. The number of hydrogen-bond acceptors (Lipinski definition) is 4. The van der Waals surface area contributed by atoms with Gasteiger partial charge in [-0.1, -0.05) is 18.2 Å². The monoisotopic (exact) mass is 322 g/mol. The fourth-order valence-corrected chi connectivity index (χ4v) is 2.67. The van der Waals surface area contributed by atoms with Gasteiger partial charge in [0.1, 0.15) is 11.7 Å². The van der Waals surface area contributed by atoms with E-state index in [2.05, 4.69) is 5.10 Å². The lowest BCUT2D eigenvalue weighted by molar-refractivity contribution is -0.118. The Hall–Kier alpha value is -2.95. The van der Waals surface area contributed by atoms with Crippen LogP contribution in [-0.2, 0) is 4.79 Å². The number of ether oxygens (including phenoxy) is 1. The summed E-state index contributed by atoms with van der Waals surface area (Å²) in [4.78, 5) is 25.4. The summed E-state index contributed by atoms with van der Waals surface area (Å²) in [6.07, 6.45) is 0. The predicted molar refractivity (Wildman–Crippen MR) is 92.5 cm³/mol. The van der Waals surface area contributed by atoms with Crippen LogP contribution in [-0.4, -0.2) is 24.0 Å².